The largest absolute Gasteiger partial charge is 0.507 e. The van der Waals surface area contributed by atoms with E-state index in [0.29, 0.717) is 0 Å². The van der Waals surface area contributed by atoms with Crippen LogP contribution in [0.5, 0.6) is 17.2 Å². The van der Waals surface area contributed by atoms with Gasteiger partial charge >= 0.3 is 5.97 Å². The van der Waals surface area contributed by atoms with Gasteiger partial charge in [0.15, 0.2) is 15.6 Å². The lowest BCUT2D eigenvalue weighted by Crippen LogP contribution is -2.15. The summed E-state index contributed by atoms with van der Waals surface area (Å²) < 4.78 is 31.3. The lowest BCUT2D eigenvalue weighted by Gasteiger charge is -2.15. The number of aliphatic carboxylic acids is 1. The first kappa shape index (κ1) is 24.2. The summed E-state index contributed by atoms with van der Waals surface area (Å²) in [6, 6.07) is 6.45. The molecule has 2 aromatic carbocycles. The fourth-order valence-electron chi connectivity index (χ4n) is 3.57. The van der Waals surface area contributed by atoms with E-state index in [9.17, 15) is 23.1 Å². The molecule has 0 bridgehead atoms. The van der Waals surface area contributed by atoms with Crippen LogP contribution in [0.1, 0.15) is 32.1 Å². The van der Waals surface area contributed by atoms with Crippen molar-refractivity contribution in [3.05, 3.63) is 40.4 Å². The van der Waals surface area contributed by atoms with Crippen LogP contribution in [0, 0.1) is 5.92 Å². The number of phenols is 1. The molecule has 0 unspecified atom stereocenters. The third-order valence-corrected chi connectivity index (χ3v) is 7.48. The van der Waals surface area contributed by atoms with Crippen molar-refractivity contribution in [2.45, 2.75) is 37.0 Å². The Bertz CT molecular complexity index is 1120. The first-order valence-corrected chi connectivity index (χ1v) is 12.2. The number of carboxylic acid groups (broad SMARTS) is 1. The first-order chi connectivity index (χ1) is 15.0. The second-order valence-electron chi connectivity index (χ2n) is 7.55. The van der Waals surface area contributed by atoms with Gasteiger partial charge in [0.1, 0.15) is 22.8 Å². The highest BCUT2D eigenvalue weighted by atomic mass is 35.5. The number of rotatable bonds is 8. The van der Waals surface area contributed by atoms with Crippen molar-refractivity contribution < 1.29 is 33.0 Å². The van der Waals surface area contributed by atoms with Crippen LogP contribution in [0.25, 0.3) is 0 Å². The van der Waals surface area contributed by atoms with Crippen molar-refractivity contribution in [1.29, 1.82) is 0 Å². The number of sulfone groups is 1. The van der Waals surface area contributed by atoms with Crippen LogP contribution in [0.3, 0.4) is 0 Å². The molecule has 2 aromatic rings. The zero-order valence-corrected chi connectivity index (χ0v) is 19.1. The van der Waals surface area contributed by atoms with Gasteiger partial charge in [0.25, 0.3) is 0 Å². The van der Waals surface area contributed by atoms with Crippen molar-refractivity contribution in [3.63, 3.8) is 0 Å². The summed E-state index contributed by atoms with van der Waals surface area (Å²) in [5, 5.41) is 21.2. The molecule has 0 radical (unpaired) electrons. The minimum Gasteiger partial charge on any atom is -0.507 e. The van der Waals surface area contributed by atoms with E-state index in [1.165, 1.54) is 30.3 Å². The Kier molecular flexibility index (Phi) is 7.53. The molecule has 0 spiro atoms. The molecule has 3 N–H and O–H groups in total. The number of aromatic hydroxyl groups is 1. The molecule has 1 amide bonds. The van der Waals surface area contributed by atoms with Gasteiger partial charge in [-0.2, -0.15) is 0 Å². The number of amides is 1. The highest BCUT2D eigenvalue weighted by Gasteiger charge is 2.27. The number of carbonyl (C=O) groups excluding carboxylic acids is 1. The molecule has 1 aliphatic carbocycles. The Morgan fingerprint density at radius 3 is 2.31 bits per heavy atom. The fourth-order valence-corrected chi connectivity index (χ4v) is 5.95. The predicted octanol–water partition coefficient (Wildman–Crippen LogP) is 4.87. The van der Waals surface area contributed by atoms with Crippen molar-refractivity contribution in [1.82, 2.24) is 0 Å². The second kappa shape index (κ2) is 9.97. The molecule has 0 aromatic heterocycles. The number of hydrogen-bond donors (Lipinski definition) is 3. The van der Waals surface area contributed by atoms with E-state index in [1.807, 2.05) is 0 Å². The van der Waals surface area contributed by atoms with Gasteiger partial charge in [-0.25, -0.2) is 8.42 Å². The number of carbonyl (C=O) groups is 2. The van der Waals surface area contributed by atoms with E-state index in [1.54, 1.807) is 0 Å². The van der Waals surface area contributed by atoms with Crippen LogP contribution in [0.2, 0.25) is 10.0 Å². The minimum absolute atomic E-state index is 0.00608. The summed E-state index contributed by atoms with van der Waals surface area (Å²) in [7, 11) is -3.73. The summed E-state index contributed by atoms with van der Waals surface area (Å²) in [5.74, 6) is -2.29. The SMILES string of the molecule is O=C(O)CC(=O)Nc1cc(Cl)c(Oc2ccc(O)c(S(=O)(=O)CC3CCCC3)c2)c(Cl)c1. The predicted molar refractivity (Wildman–Crippen MR) is 120 cm³/mol. The van der Waals surface area contributed by atoms with Crippen LogP contribution >= 0.6 is 23.2 Å². The summed E-state index contributed by atoms with van der Waals surface area (Å²) in [5.41, 5.74) is 0.170. The van der Waals surface area contributed by atoms with E-state index < -0.39 is 28.1 Å². The van der Waals surface area contributed by atoms with E-state index >= 15 is 0 Å². The van der Waals surface area contributed by atoms with E-state index in [2.05, 4.69) is 5.32 Å². The molecule has 172 valence electrons. The average Bonchev–Trinajstić information content (AvgIpc) is 3.17. The fraction of sp³-hybridized carbons (Fsp3) is 0.333. The molecule has 0 aliphatic heterocycles. The summed E-state index contributed by atoms with van der Waals surface area (Å²) in [6.45, 7) is 0. The number of benzene rings is 2. The van der Waals surface area contributed by atoms with E-state index in [-0.39, 0.29) is 49.5 Å². The standard InChI is InChI=1S/C21H21Cl2NO7S/c22-15-7-13(24-19(26)10-20(27)28)8-16(23)21(15)31-14-5-6-17(25)18(9-14)32(29,30)11-12-3-1-2-4-12/h5-9,12,25H,1-4,10-11H2,(H,24,26)(H,27,28). The number of ether oxygens (including phenoxy) is 1. The molecule has 1 saturated carbocycles. The van der Waals surface area contributed by atoms with E-state index in [4.69, 9.17) is 33.0 Å². The van der Waals surface area contributed by atoms with Crippen molar-refractivity contribution in [3.8, 4) is 17.2 Å². The van der Waals surface area contributed by atoms with Crippen LogP contribution in [-0.2, 0) is 19.4 Å². The lowest BCUT2D eigenvalue weighted by molar-refractivity contribution is -0.139. The Balaban J connectivity index is 1.82. The number of nitrogens with one attached hydrogen (secondary N) is 1. The molecule has 32 heavy (non-hydrogen) atoms. The van der Waals surface area contributed by atoms with Gasteiger partial charge in [-0.05, 0) is 43.0 Å². The zero-order chi connectivity index (χ0) is 23.5. The van der Waals surface area contributed by atoms with Crippen LogP contribution < -0.4 is 10.1 Å². The van der Waals surface area contributed by atoms with Crippen LogP contribution in [-0.4, -0.2) is 36.3 Å². The number of halogens is 2. The maximum absolute atomic E-state index is 12.8. The molecular weight excluding hydrogens is 481 g/mol. The first-order valence-electron chi connectivity index (χ1n) is 9.79. The molecular formula is C21H21Cl2NO7S. The van der Waals surface area contributed by atoms with Crippen LogP contribution in [0.15, 0.2) is 35.2 Å². The van der Waals surface area contributed by atoms with Gasteiger partial charge in [0.05, 0.1) is 15.8 Å². The van der Waals surface area contributed by atoms with Gasteiger partial charge in [-0.1, -0.05) is 36.0 Å². The van der Waals surface area contributed by atoms with Gasteiger partial charge in [0, 0.05) is 11.8 Å². The van der Waals surface area contributed by atoms with Gasteiger partial charge in [-0.15, -0.1) is 0 Å². The molecule has 3 rings (SSSR count). The van der Waals surface area contributed by atoms with Gasteiger partial charge in [0.2, 0.25) is 5.91 Å². The highest BCUT2D eigenvalue weighted by Crippen LogP contribution is 2.40. The summed E-state index contributed by atoms with van der Waals surface area (Å²) >= 11 is 12.4. The maximum Gasteiger partial charge on any atom is 0.312 e. The Hall–Kier alpha value is -2.49. The molecule has 11 heteroatoms. The average molecular weight is 502 g/mol. The van der Waals surface area contributed by atoms with Crippen molar-refractivity contribution in [2.24, 2.45) is 5.92 Å². The van der Waals surface area contributed by atoms with Crippen molar-refractivity contribution >= 4 is 50.6 Å². The van der Waals surface area contributed by atoms with Crippen LogP contribution in [0.4, 0.5) is 5.69 Å². The molecule has 0 saturated heterocycles. The molecule has 0 atom stereocenters. The third kappa shape index (κ3) is 6.05. The van der Waals surface area contributed by atoms with E-state index in [0.717, 1.165) is 25.7 Å². The monoisotopic (exact) mass is 501 g/mol. The van der Waals surface area contributed by atoms with Gasteiger partial charge < -0.3 is 20.3 Å². The Morgan fingerprint density at radius 2 is 1.72 bits per heavy atom. The Morgan fingerprint density at radius 1 is 1.09 bits per heavy atom. The van der Waals surface area contributed by atoms with Crippen molar-refractivity contribution in [2.75, 3.05) is 11.1 Å². The number of hydrogen-bond acceptors (Lipinski definition) is 6. The molecule has 0 heterocycles. The topological polar surface area (TPSA) is 130 Å². The highest BCUT2D eigenvalue weighted by molar-refractivity contribution is 7.91. The number of carboxylic acids is 1. The minimum atomic E-state index is -3.73. The smallest absolute Gasteiger partial charge is 0.312 e. The zero-order valence-electron chi connectivity index (χ0n) is 16.8. The maximum atomic E-state index is 12.8. The number of phenolic OH excluding ortho intramolecular Hbond substituents is 1. The third-order valence-electron chi connectivity index (χ3n) is 5.01. The normalized spacial score (nSPS) is 14.3. The summed E-state index contributed by atoms with van der Waals surface area (Å²) in [6.07, 6.45) is 2.96. The molecule has 1 fully saturated rings. The Labute approximate surface area is 195 Å². The molecule has 8 nitrogen and oxygen atoms in total. The number of anilines is 1. The second-order valence-corrected chi connectivity index (χ2v) is 10.4. The molecule has 1 aliphatic rings. The lowest BCUT2D eigenvalue weighted by atomic mass is 10.1. The van der Waals surface area contributed by atoms with Gasteiger partial charge in [-0.3, -0.25) is 9.59 Å². The quantitative estimate of drug-likeness (QED) is 0.439. The summed E-state index contributed by atoms with van der Waals surface area (Å²) in [4.78, 5) is 22.0.